The van der Waals surface area contributed by atoms with Gasteiger partial charge in [0.05, 0.1) is 12.1 Å². The molecule has 0 aliphatic rings. The number of likely N-dealkylation sites (N-methyl/N-ethyl adjacent to an activating group) is 1. The van der Waals surface area contributed by atoms with E-state index in [0.29, 0.717) is 23.8 Å². The van der Waals surface area contributed by atoms with Crippen LogP contribution in [0.25, 0.3) is 0 Å². The molecule has 0 unspecified atom stereocenters. The number of halogens is 2. The lowest BCUT2D eigenvalue weighted by Gasteiger charge is -2.20. The average molecular weight is 364 g/mol. The fourth-order valence-electron chi connectivity index (χ4n) is 2.32. The summed E-state index contributed by atoms with van der Waals surface area (Å²) >= 11 is 5.87. The summed E-state index contributed by atoms with van der Waals surface area (Å²) in [5.74, 6) is -1.87. The van der Waals surface area contributed by atoms with Gasteiger partial charge in [0, 0.05) is 17.3 Å². The maximum Gasteiger partial charge on any atom is 0.251 e. The molecule has 0 spiro atoms. The van der Waals surface area contributed by atoms with Gasteiger partial charge in [0.15, 0.2) is 0 Å². The third kappa shape index (κ3) is 5.55. The fourth-order valence-corrected chi connectivity index (χ4v) is 2.45. The van der Waals surface area contributed by atoms with Crippen LogP contribution in [0.4, 0.5) is 10.1 Å². The molecular formula is C18H19ClFN3O2. The topological polar surface area (TPSA) is 75.4 Å². The van der Waals surface area contributed by atoms with Crippen molar-refractivity contribution in [3.63, 3.8) is 0 Å². The number of carbonyl (C=O) groups excluding carboxylic acids is 2. The molecule has 2 amide bonds. The highest BCUT2D eigenvalue weighted by molar-refractivity contribution is 6.30. The van der Waals surface area contributed by atoms with Gasteiger partial charge in [0.25, 0.3) is 5.91 Å². The lowest BCUT2D eigenvalue weighted by Crippen LogP contribution is -2.32. The van der Waals surface area contributed by atoms with Crippen molar-refractivity contribution >= 4 is 29.1 Å². The van der Waals surface area contributed by atoms with Crippen LogP contribution >= 0.6 is 11.6 Å². The Labute approximate surface area is 150 Å². The molecule has 0 atom stereocenters. The van der Waals surface area contributed by atoms with E-state index in [4.69, 9.17) is 17.3 Å². The zero-order valence-corrected chi connectivity index (χ0v) is 14.5. The standard InChI is InChI=1S/C18H19ClFN3O2/c1-2-23(10-12-3-5-13(19)6-4-12)11-17(24)22-14-7-8-16(20)15(9-14)18(21)25/h3-9H,2,10-11H2,1H3,(H2,21,25)(H,22,24). The first-order chi connectivity index (χ1) is 11.9. The minimum atomic E-state index is -0.883. The second-order valence-corrected chi connectivity index (χ2v) is 5.97. The smallest absolute Gasteiger partial charge is 0.251 e. The van der Waals surface area contributed by atoms with E-state index in [1.54, 1.807) is 12.1 Å². The molecule has 0 bridgehead atoms. The largest absolute Gasteiger partial charge is 0.366 e. The van der Waals surface area contributed by atoms with Gasteiger partial charge >= 0.3 is 0 Å². The maximum absolute atomic E-state index is 13.5. The van der Waals surface area contributed by atoms with Gasteiger partial charge in [-0.05, 0) is 42.4 Å². The fraction of sp³-hybridized carbons (Fsp3) is 0.222. The minimum absolute atomic E-state index is 0.155. The Hall–Kier alpha value is -2.44. The van der Waals surface area contributed by atoms with Gasteiger partial charge in [-0.1, -0.05) is 30.7 Å². The highest BCUT2D eigenvalue weighted by Gasteiger charge is 2.13. The van der Waals surface area contributed by atoms with Gasteiger partial charge in [-0.25, -0.2) is 4.39 Å². The number of nitrogens with two attached hydrogens (primary N) is 1. The summed E-state index contributed by atoms with van der Waals surface area (Å²) in [5.41, 5.74) is 6.21. The van der Waals surface area contributed by atoms with Crippen molar-refractivity contribution in [1.29, 1.82) is 0 Å². The van der Waals surface area contributed by atoms with Crippen molar-refractivity contribution < 1.29 is 14.0 Å². The quantitative estimate of drug-likeness (QED) is 0.793. The summed E-state index contributed by atoms with van der Waals surface area (Å²) in [7, 11) is 0. The van der Waals surface area contributed by atoms with Crippen molar-refractivity contribution in [2.45, 2.75) is 13.5 Å². The first-order valence-corrected chi connectivity index (χ1v) is 8.13. The highest BCUT2D eigenvalue weighted by Crippen LogP contribution is 2.15. The van der Waals surface area contributed by atoms with E-state index < -0.39 is 11.7 Å². The molecule has 0 aliphatic carbocycles. The molecule has 2 aromatic rings. The summed E-state index contributed by atoms with van der Waals surface area (Å²) in [6.45, 7) is 3.37. The molecule has 2 rings (SSSR count). The van der Waals surface area contributed by atoms with Crippen LogP contribution in [0.1, 0.15) is 22.8 Å². The average Bonchev–Trinajstić information content (AvgIpc) is 2.57. The number of hydrogen-bond donors (Lipinski definition) is 2. The molecule has 0 saturated heterocycles. The second-order valence-electron chi connectivity index (χ2n) is 5.54. The Morgan fingerprint density at radius 3 is 2.48 bits per heavy atom. The Morgan fingerprint density at radius 1 is 1.20 bits per heavy atom. The SMILES string of the molecule is CCN(CC(=O)Nc1ccc(F)c(C(N)=O)c1)Cc1ccc(Cl)cc1. The van der Waals surface area contributed by atoms with Crippen molar-refractivity contribution in [3.8, 4) is 0 Å². The van der Waals surface area contributed by atoms with Gasteiger partial charge in [-0.15, -0.1) is 0 Å². The number of primary amides is 1. The highest BCUT2D eigenvalue weighted by atomic mass is 35.5. The van der Waals surface area contributed by atoms with Crippen LogP contribution in [0, 0.1) is 5.82 Å². The van der Waals surface area contributed by atoms with Crippen LogP contribution in [0.15, 0.2) is 42.5 Å². The van der Waals surface area contributed by atoms with E-state index in [1.807, 2.05) is 24.0 Å². The molecule has 2 aromatic carbocycles. The van der Waals surface area contributed by atoms with Gasteiger partial charge in [-0.2, -0.15) is 0 Å². The summed E-state index contributed by atoms with van der Waals surface area (Å²) in [6.07, 6.45) is 0. The van der Waals surface area contributed by atoms with Gasteiger partial charge in [0.1, 0.15) is 5.82 Å². The predicted octanol–water partition coefficient (Wildman–Crippen LogP) is 3.04. The number of amides is 2. The lowest BCUT2D eigenvalue weighted by molar-refractivity contribution is -0.117. The van der Waals surface area contributed by atoms with E-state index in [1.165, 1.54) is 12.1 Å². The molecule has 0 aromatic heterocycles. The molecule has 25 heavy (non-hydrogen) atoms. The Morgan fingerprint density at radius 2 is 1.88 bits per heavy atom. The van der Waals surface area contributed by atoms with E-state index in [-0.39, 0.29) is 18.0 Å². The molecule has 0 radical (unpaired) electrons. The van der Waals surface area contributed by atoms with E-state index in [9.17, 15) is 14.0 Å². The molecule has 7 heteroatoms. The summed E-state index contributed by atoms with van der Waals surface area (Å²) < 4.78 is 13.5. The summed E-state index contributed by atoms with van der Waals surface area (Å²) in [4.78, 5) is 25.3. The normalized spacial score (nSPS) is 10.7. The van der Waals surface area contributed by atoms with Crippen molar-refractivity contribution in [1.82, 2.24) is 4.90 Å². The van der Waals surface area contributed by atoms with Crippen LogP contribution in [0.3, 0.4) is 0 Å². The van der Waals surface area contributed by atoms with Gasteiger partial charge < -0.3 is 11.1 Å². The first kappa shape index (κ1) is 18.9. The van der Waals surface area contributed by atoms with E-state index in [2.05, 4.69) is 5.32 Å². The molecule has 5 nitrogen and oxygen atoms in total. The molecule has 0 fully saturated rings. The van der Waals surface area contributed by atoms with Crippen molar-refractivity contribution in [3.05, 3.63) is 64.4 Å². The van der Waals surface area contributed by atoms with Gasteiger partial charge in [0.2, 0.25) is 5.91 Å². The van der Waals surface area contributed by atoms with Crippen molar-refractivity contribution in [2.24, 2.45) is 5.73 Å². The number of nitrogens with one attached hydrogen (secondary N) is 1. The number of anilines is 1. The summed E-state index contributed by atoms with van der Waals surface area (Å²) in [5, 5.41) is 3.31. The number of benzene rings is 2. The number of nitrogens with zero attached hydrogens (tertiary/aromatic N) is 1. The molecule has 3 N–H and O–H groups in total. The Kier molecular flexibility index (Phi) is 6.50. The van der Waals surface area contributed by atoms with Crippen LogP contribution in [-0.4, -0.2) is 29.8 Å². The molecule has 0 aliphatic heterocycles. The van der Waals surface area contributed by atoms with Crippen LogP contribution in [0.2, 0.25) is 5.02 Å². The molecule has 0 heterocycles. The van der Waals surface area contributed by atoms with Crippen LogP contribution in [0.5, 0.6) is 0 Å². The number of carbonyl (C=O) groups is 2. The number of rotatable bonds is 7. The van der Waals surface area contributed by atoms with Crippen LogP contribution in [-0.2, 0) is 11.3 Å². The van der Waals surface area contributed by atoms with E-state index >= 15 is 0 Å². The van der Waals surface area contributed by atoms with Gasteiger partial charge in [-0.3, -0.25) is 14.5 Å². The van der Waals surface area contributed by atoms with Crippen LogP contribution < -0.4 is 11.1 Å². The first-order valence-electron chi connectivity index (χ1n) is 7.75. The minimum Gasteiger partial charge on any atom is -0.366 e. The second kappa shape index (κ2) is 8.60. The summed E-state index contributed by atoms with van der Waals surface area (Å²) in [6, 6.07) is 11.1. The molecular weight excluding hydrogens is 345 g/mol. The van der Waals surface area contributed by atoms with E-state index in [0.717, 1.165) is 11.6 Å². The lowest BCUT2D eigenvalue weighted by atomic mass is 10.1. The third-order valence-electron chi connectivity index (χ3n) is 3.65. The zero-order valence-electron chi connectivity index (χ0n) is 13.8. The predicted molar refractivity (Wildman–Crippen MR) is 96.0 cm³/mol. The maximum atomic E-state index is 13.5. The molecule has 0 saturated carbocycles. The molecule has 132 valence electrons. The third-order valence-corrected chi connectivity index (χ3v) is 3.90. The van der Waals surface area contributed by atoms with Crippen molar-refractivity contribution in [2.75, 3.05) is 18.4 Å². The zero-order chi connectivity index (χ0) is 18.4. The Balaban J connectivity index is 1.99. The Bertz CT molecular complexity index is 765. The number of hydrogen-bond acceptors (Lipinski definition) is 3. The monoisotopic (exact) mass is 363 g/mol.